The summed E-state index contributed by atoms with van der Waals surface area (Å²) in [7, 11) is 2.02. The molecule has 0 bridgehead atoms. The van der Waals surface area contributed by atoms with Crippen LogP contribution in [0, 0.1) is 0 Å². The molecule has 0 aliphatic carbocycles. The van der Waals surface area contributed by atoms with E-state index in [1.807, 2.05) is 13.1 Å². The molecule has 0 spiro atoms. The number of hydrogen-bond acceptors (Lipinski definition) is 2. The van der Waals surface area contributed by atoms with Crippen molar-refractivity contribution >= 4 is 27.5 Å². The van der Waals surface area contributed by atoms with Crippen molar-refractivity contribution in [1.29, 1.82) is 0 Å². The first kappa shape index (κ1) is 17.3. The first-order valence-corrected chi connectivity index (χ1v) is 9.11. The van der Waals surface area contributed by atoms with Crippen LogP contribution in [-0.2, 0) is 0 Å². The number of rotatable bonds is 6. The molecule has 1 aliphatic heterocycles. The van der Waals surface area contributed by atoms with Crippen LogP contribution in [0.25, 0.3) is 0 Å². The predicted molar refractivity (Wildman–Crippen MR) is 95.1 cm³/mol. The molecular weight excluding hydrogens is 348 g/mol. The number of halogens is 2. The maximum Gasteiger partial charge on any atom is 0.0465 e. The molecule has 2 rings (SSSR count). The highest BCUT2D eigenvalue weighted by Crippen LogP contribution is 2.31. The summed E-state index contributed by atoms with van der Waals surface area (Å²) in [6.45, 7) is 5.80. The molecule has 0 aromatic heterocycles. The zero-order valence-electron chi connectivity index (χ0n) is 13.2. The van der Waals surface area contributed by atoms with Crippen LogP contribution < -0.4 is 5.32 Å². The molecule has 2 nitrogen and oxygen atoms in total. The van der Waals surface area contributed by atoms with Crippen molar-refractivity contribution in [3.05, 3.63) is 33.3 Å². The Hall–Kier alpha value is -0.0900. The largest absolute Gasteiger partial charge is 0.313 e. The van der Waals surface area contributed by atoms with Crippen LogP contribution in [0.5, 0.6) is 0 Å². The molecule has 1 saturated heterocycles. The molecule has 3 atom stereocenters. The van der Waals surface area contributed by atoms with Crippen LogP contribution >= 0.6 is 27.5 Å². The topological polar surface area (TPSA) is 15.3 Å². The summed E-state index contributed by atoms with van der Waals surface area (Å²) >= 11 is 9.87. The first-order chi connectivity index (χ1) is 10.1. The summed E-state index contributed by atoms with van der Waals surface area (Å²) in [4.78, 5) is 2.68. The minimum atomic E-state index is 0.316. The Morgan fingerprint density at radius 1 is 1.43 bits per heavy atom. The highest BCUT2D eigenvalue weighted by Gasteiger charge is 2.29. The van der Waals surface area contributed by atoms with Crippen LogP contribution in [0.4, 0.5) is 0 Å². The molecular formula is C17H26BrClN2. The molecule has 1 fully saturated rings. The van der Waals surface area contributed by atoms with Gasteiger partial charge in [-0.05, 0) is 57.4 Å². The molecule has 0 saturated carbocycles. The molecule has 1 aromatic rings. The van der Waals surface area contributed by atoms with Crippen molar-refractivity contribution < 1.29 is 0 Å². The summed E-state index contributed by atoms with van der Waals surface area (Å²) in [5.41, 5.74) is 1.20. The van der Waals surface area contributed by atoms with Gasteiger partial charge in [0.2, 0.25) is 0 Å². The second-order valence-electron chi connectivity index (χ2n) is 6.02. The maximum atomic E-state index is 6.40. The third-order valence-electron chi connectivity index (χ3n) is 4.79. The van der Waals surface area contributed by atoms with Gasteiger partial charge in [-0.25, -0.2) is 0 Å². The fourth-order valence-corrected chi connectivity index (χ4v) is 4.29. The van der Waals surface area contributed by atoms with Gasteiger partial charge in [0.05, 0.1) is 0 Å². The highest BCUT2D eigenvalue weighted by molar-refractivity contribution is 9.10. The summed E-state index contributed by atoms with van der Waals surface area (Å²) in [6.07, 6.45) is 5.04. The third-order valence-corrected chi connectivity index (χ3v) is 5.61. The molecule has 118 valence electrons. The average Bonchev–Trinajstić information content (AvgIpc) is 2.82. The van der Waals surface area contributed by atoms with Gasteiger partial charge in [-0.15, -0.1) is 0 Å². The zero-order valence-corrected chi connectivity index (χ0v) is 15.5. The fourth-order valence-electron chi connectivity index (χ4n) is 3.48. The van der Waals surface area contributed by atoms with Gasteiger partial charge in [0, 0.05) is 34.2 Å². The van der Waals surface area contributed by atoms with Crippen molar-refractivity contribution in [3.8, 4) is 0 Å². The van der Waals surface area contributed by atoms with Crippen LogP contribution in [0.3, 0.4) is 0 Å². The second-order valence-corrected chi connectivity index (χ2v) is 7.34. The summed E-state index contributed by atoms with van der Waals surface area (Å²) in [5.74, 6) is 0. The Morgan fingerprint density at radius 2 is 2.19 bits per heavy atom. The van der Waals surface area contributed by atoms with Gasteiger partial charge in [-0.1, -0.05) is 40.5 Å². The van der Waals surface area contributed by atoms with Gasteiger partial charge in [-0.3, -0.25) is 4.90 Å². The number of likely N-dealkylation sites (tertiary alicyclic amines) is 1. The molecule has 1 heterocycles. The molecule has 0 amide bonds. The van der Waals surface area contributed by atoms with E-state index < -0.39 is 0 Å². The lowest BCUT2D eigenvalue weighted by Gasteiger charge is -2.29. The number of nitrogens with one attached hydrogen (secondary N) is 1. The second kappa shape index (κ2) is 7.96. The number of hydrogen-bond donors (Lipinski definition) is 1. The van der Waals surface area contributed by atoms with E-state index >= 15 is 0 Å². The smallest absolute Gasteiger partial charge is 0.0465 e. The molecule has 0 radical (unpaired) electrons. The van der Waals surface area contributed by atoms with Crippen molar-refractivity contribution in [3.63, 3.8) is 0 Å². The van der Waals surface area contributed by atoms with E-state index in [2.05, 4.69) is 52.1 Å². The SMILES string of the molecule is CCC1CCC(C)N1CCC(NC)c1ccc(Br)cc1Cl. The Bertz CT molecular complexity index is 466. The summed E-state index contributed by atoms with van der Waals surface area (Å²) < 4.78 is 1.03. The minimum absolute atomic E-state index is 0.316. The van der Waals surface area contributed by atoms with Crippen molar-refractivity contribution in [2.24, 2.45) is 0 Å². The van der Waals surface area contributed by atoms with Gasteiger partial charge < -0.3 is 5.32 Å². The molecule has 4 heteroatoms. The molecule has 1 aromatic carbocycles. The van der Waals surface area contributed by atoms with Crippen molar-refractivity contribution in [2.45, 2.75) is 57.7 Å². The van der Waals surface area contributed by atoms with E-state index in [1.165, 1.54) is 24.8 Å². The Kier molecular flexibility index (Phi) is 6.54. The Labute approximate surface area is 142 Å². The fraction of sp³-hybridized carbons (Fsp3) is 0.647. The van der Waals surface area contributed by atoms with Crippen LogP contribution in [-0.4, -0.2) is 30.6 Å². The lowest BCUT2D eigenvalue weighted by molar-refractivity contribution is 0.189. The third kappa shape index (κ3) is 4.22. The zero-order chi connectivity index (χ0) is 15.4. The summed E-state index contributed by atoms with van der Waals surface area (Å²) in [6, 6.07) is 7.97. The number of nitrogens with zero attached hydrogens (tertiary/aromatic N) is 1. The van der Waals surface area contributed by atoms with E-state index in [0.29, 0.717) is 12.1 Å². The Morgan fingerprint density at radius 3 is 2.81 bits per heavy atom. The van der Waals surface area contributed by atoms with Gasteiger partial charge >= 0.3 is 0 Å². The highest BCUT2D eigenvalue weighted by atomic mass is 79.9. The van der Waals surface area contributed by atoms with E-state index in [0.717, 1.165) is 28.5 Å². The van der Waals surface area contributed by atoms with E-state index in [4.69, 9.17) is 11.6 Å². The molecule has 3 unspecified atom stereocenters. The average molecular weight is 374 g/mol. The normalized spacial score (nSPS) is 24.4. The van der Waals surface area contributed by atoms with Gasteiger partial charge in [-0.2, -0.15) is 0 Å². The van der Waals surface area contributed by atoms with E-state index in [-0.39, 0.29) is 0 Å². The Balaban J connectivity index is 2.02. The molecule has 1 N–H and O–H groups in total. The quantitative estimate of drug-likeness (QED) is 0.753. The van der Waals surface area contributed by atoms with E-state index in [9.17, 15) is 0 Å². The molecule has 1 aliphatic rings. The molecule has 21 heavy (non-hydrogen) atoms. The van der Waals surface area contributed by atoms with Crippen LogP contribution in [0.15, 0.2) is 22.7 Å². The van der Waals surface area contributed by atoms with Gasteiger partial charge in [0.25, 0.3) is 0 Å². The minimum Gasteiger partial charge on any atom is -0.313 e. The predicted octanol–water partition coefficient (Wildman–Crippen LogP) is 5.02. The van der Waals surface area contributed by atoms with Crippen LogP contribution in [0.1, 0.15) is 51.1 Å². The van der Waals surface area contributed by atoms with Crippen molar-refractivity contribution in [1.82, 2.24) is 10.2 Å². The lowest BCUT2D eigenvalue weighted by atomic mass is 10.0. The van der Waals surface area contributed by atoms with Gasteiger partial charge in [0.15, 0.2) is 0 Å². The first-order valence-electron chi connectivity index (χ1n) is 7.94. The lowest BCUT2D eigenvalue weighted by Crippen LogP contribution is -2.36. The van der Waals surface area contributed by atoms with Crippen LogP contribution in [0.2, 0.25) is 5.02 Å². The number of benzene rings is 1. The standard InChI is InChI=1S/C17H26BrClN2/c1-4-14-7-5-12(2)21(14)10-9-17(20-3)15-8-6-13(18)11-16(15)19/h6,8,11-12,14,17,20H,4-5,7,9-10H2,1-3H3. The van der Waals surface area contributed by atoms with Gasteiger partial charge in [0.1, 0.15) is 0 Å². The van der Waals surface area contributed by atoms with Crippen molar-refractivity contribution in [2.75, 3.05) is 13.6 Å². The monoisotopic (exact) mass is 372 g/mol. The summed E-state index contributed by atoms with van der Waals surface area (Å²) in [5, 5.41) is 4.26. The maximum absolute atomic E-state index is 6.40. The van der Waals surface area contributed by atoms with E-state index in [1.54, 1.807) is 0 Å².